The average molecular weight is 1040 g/mol. The molecule has 0 saturated carbocycles. The molecule has 2 saturated heterocycles. The minimum absolute atomic E-state index is 0. The second-order valence-electron chi connectivity index (χ2n) is 16.2. The molecule has 0 aliphatic carbocycles. The first-order valence-corrected chi connectivity index (χ1v) is 23.4. The van der Waals surface area contributed by atoms with Crippen molar-refractivity contribution in [1.82, 2.24) is 30.7 Å². The summed E-state index contributed by atoms with van der Waals surface area (Å²) in [4.78, 5) is 75.2. The van der Waals surface area contributed by atoms with Crippen molar-refractivity contribution in [2.24, 2.45) is 0 Å². The van der Waals surface area contributed by atoms with Gasteiger partial charge < -0.3 is 39.6 Å². The Kier molecular flexibility index (Phi) is 29.0. The minimum atomic E-state index is -1.37. The van der Waals surface area contributed by atoms with Gasteiger partial charge in [0, 0.05) is 101 Å². The van der Waals surface area contributed by atoms with Crippen LogP contribution in [0.25, 0.3) is 0 Å². The summed E-state index contributed by atoms with van der Waals surface area (Å²) in [6, 6.07) is 27.5. The number of carbonyl (C=O) groups is 6. The normalized spacial score (nSPS) is 14.0. The van der Waals surface area contributed by atoms with Gasteiger partial charge in [-0.2, -0.15) is 0 Å². The molecule has 0 radical (unpaired) electrons. The van der Waals surface area contributed by atoms with E-state index in [1.807, 2.05) is 24.3 Å². The highest BCUT2D eigenvalue weighted by atomic mass is 35.5. The second kappa shape index (κ2) is 35.1. The molecule has 2 aliphatic heterocycles. The molecule has 74 heavy (non-hydrogen) atoms. The molecule has 6 rings (SSSR count). The van der Waals surface area contributed by atoms with Crippen LogP contribution in [0.1, 0.15) is 68.3 Å². The molecule has 4 N–H and O–H groups in total. The van der Waals surface area contributed by atoms with E-state index in [-0.39, 0.29) is 18.0 Å². The Bertz CT molecular complexity index is 2490. The Balaban J connectivity index is 0.000000418. The van der Waals surface area contributed by atoms with Crippen LogP contribution in [0.2, 0.25) is 0 Å². The molecule has 2 atom stereocenters. The van der Waals surface area contributed by atoms with Gasteiger partial charge in [-0.25, -0.2) is 14.4 Å². The van der Waals surface area contributed by atoms with Crippen molar-refractivity contribution < 1.29 is 58.6 Å². The fourth-order valence-corrected chi connectivity index (χ4v) is 7.12. The van der Waals surface area contributed by atoms with Crippen LogP contribution in [-0.4, -0.2) is 170 Å². The summed E-state index contributed by atoms with van der Waals surface area (Å²) in [5.74, 6) is 8.60. The summed E-state index contributed by atoms with van der Waals surface area (Å²) in [5, 5.41) is 16.1. The Labute approximate surface area is 441 Å². The lowest BCUT2D eigenvalue weighted by molar-refractivity contribution is -0.150. The summed E-state index contributed by atoms with van der Waals surface area (Å²) >= 11 is 0. The lowest BCUT2D eigenvalue weighted by Gasteiger charge is -2.24. The van der Waals surface area contributed by atoms with E-state index in [9.17, 15) is 33.2 Å². The molecule has 4 aromatic carbocycles. The Hall–Kier alpha value is -7.16. The highest BCUT2D eigenvalue weighted by Crippen LogP contribution is 2.14. The number of halogens is 2. The number of carboxylic acid groups (broad SMARTS) is 1. The highest BCUT2D eigenvalue weighted by Gasteiger charge is 2.34. The van der Waals surface area contributed by atoms with E-state index >= 15 is 0 Å². The maximum absolute atomic E-state index is 12.8. The number of ether oxygens (including phenoxy) is 4. The van der Waals surface area contributed by atoms with E-state index in [1.54, 1.807) is 48.5 Å². The zero-order valence-corrected chi connectivity index (χ0v) is 43.6. The van der Waals surface area contributed by atoms with Crippen LogP contribution in [0, 0.1) is 23.7 Å². The molecule has 2 fully saturated rings. The zero-order chi connectivity index (χ0) is 54.3. The Morgan fingerprint density at radius 1 is 0.635 bits per heavy atom. The molecule has 2 unspecified atom stereocenters. The molecule has 0 aromatic heterocycles. The van der Waals surface area contributed by atoms with Gasteiger partial charge in [0.25, 0.3) is 11.8 Å². The lowest BCUT2D eigenvalue weighted by atomic mass is 10.1. The number of methoxy groups -OCH3 is 2. The molecule has 4 aromatic rings. The quantitative estimate of drug-likeness (QED) is 0.0894. The van der Waals surface area contributed by atoms with Gasteiger partial charge in [-0.15, -0.1) is 12.4 Å². The van der Waals surface area contributed by atoms with Crippen molar-refractivity contribution in [2.45, 2.75) is 38.0 Å². The number of rotatable bonds is 12. The van der Waals surface area contributed by atoms with E-state index < -0.39 is 54.9 Å². The smallest absolute Gasteiger partial charge is 0.338 e. The minimum Gasteiger partial charge on any atom is -0.478 e. The van der Waals surface area contributed by atoms with Crippen molar-refractivity contribution >= 4 is 48.0 Å². The van der Waals surface area contributed by atoms with Crippen LogP contribution < -0.4 is 16.0 Å². The van der Waals surface area contributed by atoms with Crippen molar-refractivity contribution in [1.29, 1.82) is 0 Å². The number of hydrogen-bond acceptors (Lipinski definition) is 13. The first kappa shape index (κ1) is 61.1. The van der Waals surface area contributed by atoms with Crippen molar-refractivity contribution in [2.75, 3.05) is 102 Å². The number of aromatic carboxylic acids is 1. The number of carbonyl (C=O) groups excluding carboxylic acids is 5. The summed E-state index contributed by atoms with van der Waals surface area (Å²) in [7, 11) is 7.14. The molecule has 19 heteroatoms. The largest absolute Gasteiger partial charge is 0.478 e. The topological polar surface area (TPSA) is 205 Å². The Morgan fingerprint density at radius 2 is 1.01 bits per heavy atom. The van der Waals surface area contributed by atoms with Gasteiger partial charge in [0.1, 0.15) is 0 Å². The number of esters is 2. The van der Waals surface area contributed by atoms with E-state index in [0.717, 1.165) is 106 Å². The van der Waals surface area contributed by atoms with E-state index in [4.69, 9.17) is 16.0 Å². The zero-order valence-electron chi connectivity index (χ0n) is 43.7. The molecule has 0 spiro atoms. The third-order valence-electron chi connectivity index (χ3n) is 11.2. The second-order valence-corrected chi connectivity index (χ2v) is 16.2. The van der Waals surface area contributed by atoms with Crippen LogP contribution in [0.3, 0.4) is 0 Å². The van der Waals surface area contributed by atoms with E-state index in [2.05, 4.69) is 83.2 Å². The van der Waals surface area contributed by atoms with Gasteiger partial charge in [0.05, 0.1) is 41.5 Å². The molecule has 3 amide bonds. The van der Waals surface area contributed by atoms with Crippen molar-refractivity contribution in [3.8, 4) is 23.7 Å². The standard InChI is InChI=1S/C27H31N3O5.C21H21NO3.C6H12N2O3.CH3F.ClH/c1-28-25(31)24(27(33)34-3)29(2)26(32)23-13-11-21(12-14-23)6-5-20-7-9-22(10-8-20)19-30-15-4-17-35-18-16-30;23-21(24)20-10-8-18(9-11-20)3-2-17-4-6-19(7-5-17)16-22-12-1-14-25-15-13-22;1-7-4(5(9)8-2)6(10)11-3;1-2;/h7-14,24H,4,15-19H2,1-3H3,(H,28,31);4-11H,1,12-16H2,(H,23,24);4,7H,1-3H3,(H,8,9);1H3;1H/i;;;1D;. The first-order chi connectivity index (χ1) is 35.7. The molecular weight excluding hydrogens is 975 g/mol. The summed E-state index contributed by atoms with van der Waals surface area (Å²) < 4.78 is 35.5. The van der Waals surface area contributed by atoms with Crippen LogP contribution in [0.5, 0.6) is 0 Å². The van der Waals surface area contributed by atoms with Gasteiger partial charge in [0.2, 0.25) is 11.9 Å². The SMILES string of the molecule is CNC(=O)C(C(=O)OC)N(C)C(=O)c1ccc(C#Cc2ccc(CN3CCCOCC3)cc2)cc1.CNC(=O)C(NC)C(=O)OC.Cl.O=C(O)c1ccc(C#Cc2ccc(CN3CCCOCC3)cc2)cc1.[2H]CF. The first-order valence-electron chi connectivity index (χ1n) is 24.1. The molecule has 0 bridgehead atoms. The summed E-state index contributed by atoms with van der Waals surface area (Å²) in [6.45, 7) is 9.18. The molecular formula is C55H68ClFN6O11. The Morgan fingerprint density at radius 3 is 1.36 bits per heavy atom. The maximum Gasteiger partial charge on any atom is 0.338 e. The van der Waals surface area contributed by atoms with Crippen molar-refractivity contribution in [3.05, 3.63) is 142 Å². The number of likely N-dealkylation sites (N-methyl/N-ethyl adjacent to an activating group) is 4. The van der Waals surface area contributed by atoms with Crippen LogP contribution >= 0.6 is 12.4 Å². The van der Waals surface area contributed by atoms with Crippen molar-refractivity contribution in [3.63, 3.8) is 0 Å². The maximum atomic E-state index is 12.8. The van der Waals surface area contributed by atoms with Crippen LogP contribution in [0.15, 0.2) is 97.1 Å². The van der Waals surface area contributed by atoms with Gasteiger partial charge in [-0.3, -0.25) is 33.9 Å². The van der Waals surface area contributed by atoms with Gasteiger partial charge in [0.15, 0.2) is 6.04 Å². The fraction of sp³-hybridized carbons (Fsp3) is 0.382. The number of alkyl halides is 1. The van der Waals surface area contributed by atoms with E-state index in [1.165, 1.54) is 53.5 Å². The number of carboxylic acids is 1. The number of nitrogens with one attached hydrogen (secondary N) is 3. The number of hydrogen-bond donors (Lipinski definition) is 4. The molecule has 398 valence electrons. The van der Waals surface area contributed by atoms with Gasteiger partial charge in [-0.1, -0.05) is 47.9 Å². The molecule has 17 nitrogen and oxygen atoms in total. The molecule has 2 aliphatic rings. The predicted octanol–water partition coefficient (Wildman–Crippen LogP) is 4.18. The summed E-state index contributed by atoms with van der Waals surface area (Å²) in [6.07, 6.45) is 2.15. The third kappa shape index (κ3) is 21.5. The summed E-state index contributed by atoms with van der Waals surface area (Å²) in [5.41, 5.74) is 6.52. The van der Waals surface area contributed by atoms with Crippen LogP contribution in [0.4, 0.5) is 4.39 Å². The average Bonchev–Trinajstić information content (AvgIpc) is 3.86. The monoisotopic (exact) mass is 1040 g/mol. The number of amides is 3. The highest BCUT2D eigenvalue weighted by molar-refractivity contribution is 6.07. The predicted molar refractivity (Wildman–Crippen MR) is 281 cm³/mol. The van der Waals surface area contributed by atoms with Gasteiger partial charge in [-0.05, 0) is 104 Å². The number of benzene rings is 4. The molecule has 2 heterocycles. The van der Waals surface area contributed by atoms with Gasteiger partial charge >= 0.3 is 17.9 Å². The van der Waals surface area contributed by atoms with E-state index in [0.29, 0.717) is 5.56 Å². The third-order valence-corrected chi connectivity index (χ3v) is 11.2. The lowest BCUT2D eigenvalue weighted by Crippen LogP contribution is -2.51. The fourth-order valence-electron chi connectivity index (χ4n) is 7.12. The van der Waals surface area contributed by atoms with Crippen LogP contribution in [-0.2, 0) is 51.2 Å². The number of nitrogens with zero attached hydrogens (tertiary/aromatic N) is 3.